The summed E-state index contributed by atoms with van der Waals surface area (Å²) in [4.78, 5) is 25.7. The van der Waals surface area contributed by atoms with Crippen molar-refractivity contribution in [1.82, 2.24) is 10.7 Å². The van der Waals surface area contributed by atoms with E-state index in [0.29, 0.717) is 5.56 Å². The molecule has 1 fully saturated rings. The van der Waals surface area contributed by atoms with Gasteiger partial charge in [-0.05, 0) is 43.3 Å². The molecular weight excluding hydrogens is 442 g/mol. The minimum Gasteiger partial charge on any atom is -0.334 e. The van der Waals surface area contributed by atoms with Crippen LogP contribution in [0.15, 0.2) is 83.3 Å². The quantitative estimate of drug-likeness (QED) is 0.579. The molecule has 5 nitrogen and oxygen atoms in total. The molecule has 1 aliphatic rings. The van der Waals surface area contributed by atoms with Gasteiger partial charge in [-0.3, -0.25) is 9.59 Å². The Kier molecular flexibility index (Phi) is 5.77. The number of carbonyl (C=O) groups excluding carboxylic acids is 2. The van der Waals surface area contributed by atoms with Gasteiger partial charge in [0, 0.05) is 21.2 Å². The van der Waals surface area contributed by atoms with Gasteiger partial charge in [0.15, 0.2) is 6.04 Å². The number of carbonyl (C=O) groups is 2. The highest BCUT2D eigenvalue weighted by atomic mass is 79.9. The van der Waals surface area contributed by atoms with E-state index in [1.807, 2.05) is 79.9 Å². The highest BCUT2D eigenvalue weighted by Gasteiger charge is 2.47. The fraction of sp³-hybridized carbons (Fsp3) is 0.125. The van der Waals surface area contributed by atoms with Crippen LogP contribution in [-0.4, -0.2) is 28.8 Å². The molecule has 2 amide bonds. The van der Waals surface area contributed by atoms with Crippen molar-refractivity contribution >= 4 is 34.0 Å². The molecule has 1 saturated heterocycles. The van der Waals surface area contributed by atoms with E-state index in [1.165, 1.54) is 0 Å². The average molecular weight is 463 g/mol. The second-order valence-electron chi connectivity index (χ2n) is 7.24. The number of hydrogen-bond donors (Lipinski definition) is 2. The zero-order chi connectivity index (χ0) is 21.1. The summed E-state index contributed by atoms with van der Waals surface area (Å²) < 4.78 is 2.74. The van der Waals surface area contributed by atoms with Crippen LogP contribution in [-0.2, 0) is 4.79 Å². The number of hydrazone groups is 1. The Morgan fingerprint density at radius 1 is 1.00 bits per heavy atom. The van der Waals surface area contributed by atoms with Crippen LogP contribution < -0.4 is 10.7 Å². The number of amides is 2. The second-order valence-corrected chi connectivity index (χ2v) is 8.15. The lowest BCUT2D eigenvalue weighted by atomic mass is 9.99. The van der Waals surface area contributed by atoms with Gasteiger partial charge in [-0.25, -0.2) is 0 Å². The van der Waals surface area contributed by atoms with Crippen molar-refractivity contribution in [1.29, 1.82) is 0 Å². The first kappa shape index (κ1) is 20.0. The predicted octanol–water partition coefficient (Wildman–Crippen LogP) is 3.77. The van der Waals surface area contributed by atoms with Crippen LogP contribution in [0.5, 0.6) is 0 Å². The van der Waals surface area contributed by atoms with Crippen LogP contribution in [0.2, 0.25) is 0 Å². The van der Waals surface area contributed by atoms with Crippen LogP contribution in [0.25, 0.3) is 0 Å². The maximum Gasteiger partial charge on any atom is 0.304 e. The van der Waals surface area contributed by atoms with Crippen LogP contribution in [0, 0.1) is 6.92 Å². The zero-order valence-electron chi connectivity index (χ0n) is 16.4. The van der Waals surface area contributed by atoms with Gasteiger partial charge in [0.2, 0.25) is 12.3 Å². The van der Waals surface area contributed by atoms with E-state index in [-0.39, 0.29) is 17.9 Å². The van der Waals surface area contributed by atoms with E-state index in [2.05, 4.69) is 26.7 Å². The van der Waals surface area contributed by atoms with E-state index >= 15 is 0 Å². The number of nitrogens with one attached hydrogen (secondary N) is 2. The standard InChI is InChI=1S/C24H20BrN3O2/c1-16-7-11-19(12-8-16)23(29)26-21-22(18-5-3-2-4-6-18)28(27-24(21)30)15-17-9-13-20(25)14-10-17/h2-15,21-22H,1H3,(H-,26,27,29,30)/p+1/b28-15-/t21-,22-/m0/s1. The number of hydrogen-bond acceptors (Lipinski definition) is 2. The largest absolute Gasteiger partial charge is 0.334 e. The molecule has 3 aromatic rings. The number of benzene rings is 3. The lowest BCUT2D eigenvalue weighted by Gasteiger charge is -2.14. The van der Waals surface area contributed by atoms with Gasteiger partial charge in [-0.1, -0.05) is 64.0 Å². The highest BCUT2D eigenvalue weighted by molar-refractivity contribution is 9.10. The Balaban J connectivity index is 1.68. The van der Waals surface area contributed by atoms with Gasteiger partial charge >= 0.3 is 5.91 Å². The first-order valence-electron chi connectivity index (χ1n) is 9.63. The summed E-state index contributed by atoms with van der Waals surface area (Å²) in [5, 5.41) is 2.92. The zero-order valence-corrected chi connectivity index (χ0v) is 18.0. The molecule has 0 spiro atoms. The maximum atomic E-state index is 12.8. The summed E-state index contributed by atoms with van der Waals surface area (Å²) >= 11 is 3.43. The van der Waals surface area contributed by atoms with Gasteiger partial charge in [0.05, 0.1) is 0 Å². The van der Waals surface area contributed by atoms with Gasteiger partial charge in [-0.2, -0.15) is 0 Å². The van der Waals surface area contributed by atoms with Crippen molar-refractivity contribution in [3.8, 4) is 0 Å². The topological polar surface area (TPSA) is 61.2 Å². The molecule has 2 N–H and O–H groups in total. The number of aryl methyl sites for hydroxylation is 1. The van der Waals surface area contributed by atoms with E-state index in [0.717, 1.165) is 21.2 Å². The molecule has 3 aromatic carbocycles. The molecule has 6 heteroatoms. The Hall–Kier alpha value is -3.25. The predicted molar refractivity (Wildman–Crippen MR) is 119 cm³/mol. The molecule has 30 heavy (non-hydrogen) atoms. The normalized spacial score (nSPS) is 19.5. The van der Waals surface area contributed by atoms with Gasteiger partial charge in [0.1, 0.15) is 0 Å². The molecule has 150 valence electrons. The molecule has 0 radical (unpaired) electrons. The smallest absolute Gasteiger partial charge is 0.304 e. The van der Waals surface area contributed by atoms with Gasteiger partial charge in [0.25, 0.3) is 5.91 Å². The molecule has 2 atom stereocenters. The third kappa shape index (κ3) is 4.33. The first-order chi connectivity index (χ1) is 14.5. The number of halogens is 1. The minimum atomic E-state index is -0.729. The van der Waals surface area contributed by atoms with Crippen LogP contribution in [0.3, 0.4) is 0 Å². The van der Waals surface area contributed by atoms with Gasteiger partial charge in [-0.15, -0.1) is 10.1 Å². The summed E-state index contributed by atoms with van der Waals surface area (Å²) in [6.07, 6.45) is 1.88. The lowest BCUT2D eigenvalue weighted by Crippen LogP contribution is -2.42. The SMILES string of the molecule is Cc1ccc(C(=O)N[C@@H]2C(=O)N/[N+](=C\c3ccc(Br)cc3)[C@H]2c2ccccc2)cc1. The van der Waals surface area contributed by atoms with Crippen molar-refractivity contribution < 1.29 is 14.3 Å². The molecule has 1 heterocycles. The van der Waals surface area contributed by atoms with Crippen molar-refractivity contribution in [2.45, 2.75) is 19.0 Å². The molecule has 1 aliphatic heterocycles. The summed E-state index contributed by atoms with van der Waals surface area (Å²) in [5.74, 6) is -0.528. The molecule has 4 rings (SSSR count). The van der Waals surface area contributed by atoms with Crippen LogP contribution in [0.1, 0.15) is 33.1 Å². The molecule has 0 aliphatic carbocycles. The molecular formula is C24H21BrN3O2+. The Bertz CT molecular complexity index is 1090. The molecule has 0 bridgehead atoms. The summed E-state index contributed by atoms with van der Waals surface area (Å²) in [6, 6.07) is 23.7. The van der Waals surface area contributed by atoms with E-state index in [1.54, 1.807) is 16.8 Å². The van der Waals surface area contributed by atoms with Crippen molar-refractivity contribution in [3.63, 3.8) is 0 Å². The number of rotatable bonds is 4. The van der Waals surface area contributed by atoms with E-state index in [9.17, 15) is 9.59 Å². The van der Waals surface area contributed by atoms with Crippen molar-refractivity contribution in [3.05, 3.63) is 106 Å². The summed E-state index contributed by atoms with van der Waals surface area (Å²) in [5.41, 5.74) is 6.35. The van der Waals surface area contributed by atoms with E-state index < -0.39 is 6.04 Å². The highest BCUT2D eigenvalue weighted by Crippen LogP contribution is 2.25. The van der Waals surface area contributed by atoms with E-state index in [4.69, 9.17) is 0 Å². The third-order valence-electron chi connectivity index (χ3n) is 5.04. The Labute approximate surface area is 183 Å². The average Bonchev–Trinajstić information content (AvgIpc) is 3.05. The second kappa shape index (κ2) is 8.63. The lowest BCUT2D eigenvalue weighted by molar-refractivity contribution is -0.596. The van der Waals surface area contributed by atoms with Crippen LogP contribution >= 0.6 is 15.9 Å². The fourth-order valence-corrected chi connectivity index (χ4v) is 3.73. The summed E-state index contributed by atoms with van der Waals surface area (Å²) in [7, 11) is 0. The van der Waals surface area contributed by atoms with Crippen LogP contribution in [0.4, 0.5) is 0 Å². The van der Waals surface area contributed by atoms with Crippen molar-refractivity contribution in [2.75, 3.05) is 0 Å². The monoisotopic (exact) mass is 462 g/mol. The number of hydrazine groups is 1. The van der Waals surface area contributed by atoms with Gasteiger partial charge < -0.3 is 5.32 Å². The summed E-state index contributed by atoms with van der Waals surface area (Å²) in [6.45, 7) is 1.97. The molecule has 0 unspecified atom stereocenters. The Morgan fingerprint density at radius 2 is 1.67 bits per heavy atom. The first-order valence-corrected chi connectivity index (χ1v) is 10.4. The Morgan fingerprint density at radius 3 is 2.33 bits per heavy atom. The minimum absolute atomic E-state index is 0.252. The number of nitrogens with zero attached hydrogens (tertiary/aromatic N) is 1. The maximum absolute atomic E-state index is 12.8. The molecule has 0 saturated carbocycles. The molecule has 0 aromatic heterocycles. The van der Waals surface area contributed by atoms with Crippen molar-refractivity contribution in [2.24, 2.45) is 0 Å². The third-order valence-corrected chi connectivity index (χ3v) is 5.57. The fourth-order valence-electron chi connectivity index (χ4n) is 3.47.